The zero-order valence-corrected chi connectivity index (χ0v) is 10.3. The van der Waals surface area contributed by atoms with Crippen LogP contribution in [-0.4, -0.2) is 60.5 Å². The molecule has 0 radical (unpaired) electrons. The van der Waals surface area contributed by atoms with Gasteiger partial charge in [0.05, 0.1) is 0 Å². The van der Waals surface area contributed by atoms with Crippen molar-refractivity contribution in [3.8, 4) is 0 Å². The smallest absolute Gasteiger partial charge is 0.361 e. The van der Waals surface area contributed by atoms with Gasteiger partial charge >= 0.3 is 7.82 Å². The van der Waals surface area contributed by atoms with Gasteiger partial charge in [-0.2, -0.15) is 0 Å². The van der Waals surface area contributed by atoms with E-state index in [1.54, 1.807) is 0 Å². The Labute approximate surface area is 93.2 Å². The van der Waals surface area contributed by atoms with E-state index in [4.69, 9.17) is 39.7 Å². The van der Waals surface area contributed by atoms with Crippen LogP contribution in [0.5, 0.6) is 0 Å². The summed E-state index contributed by atoms with van der Waals surface area (Å²) in [4.78, 5) is 21.6. The number of hydrogen-bond acceptors (Lipinski definition) is 5. The molecule has 8 nitrogen and oxygen atoms in total. The summed E-state index contributed by atoms with van der Waals surface area (Å²) in [5.74, 6) is 0. The van der Waals surface area contributed by atoms with Crippen molar-refractivity contribution in [2.24, 2.45) is 0 Å². The molecular formula is C4H16ClO8P2+. The molecule has 0 saturated carbocycles. The molecule has 0 rings (SSSR count). The summed E-state index contributed by atoms with van der Waals surface area (Å²) in [5.41, 5.74) is 0. The highest BCUT2D eigenvalue weighted by atomic mass is 35.5. The molecule has 0 bridgehead atoms. The molecule has 0 spiro atoms. The van der Waals surface area contributed by atoms with Crippen molar-refractivity contribution in [3.05, 3.63) is 0 Å². The third-order valence-electron chi connectivity index (χ3n) is 1.20. The maximum absolute atomic E-state index is 8.88. The molecular weight excluding hydrogens is 273 g/mol. The Morgan fingerprint density at radius 2 is 0.933 bits per heavy atom. The van der Waals surface area contributed by atoms with Crippen LogP contribution in [0.2, 0.25) is 0 Å². The number of phosphoric acid groups is 1. The standard InChI is InChI=1S/C4H12O4P.ClH.H3O4P/c5-1-9(2-6,3-7)4-8;;1-5(2,3)4/h5-8H,1-4H2;1H;(H3,1,2,3,4)/q+1;;. The molecule has 0 aliphatic heterocycles. The van der Waals surface area contributed by atoms with Gasteiger partial charge < -0.3 is 35.1 Å². The highest BCUT2D eigenvalue weighted by Crippen LogP contribution is 2.54. The normalized spacial score (nSPS) is 11.1. The summed E-state index contributed by atoms with van der Waals surface area (Å²) in [6.45, 7) is 0. The predicted molar refractivity (Wildman–Crippen MR) is 56.8 cm³/mol. The Kier molecular flexibility index (Phi) is 13.8. The Morgan fingerprint density at radius 1 is 0.800 bits per heavy atom. The number of aliphatic hydroxyl groups excluding tert-OH is 4. The van der Waals surface area contributed by atoms with Crippen LogP contribution in [0.15, 0.2) is 0 Å². The molecule has 0 aliphatic carbocycles. The largest absolute Gasteiger partial charge is 0.466 e. The topological polar surface area (TPSA) is 159 Å². The maximum Gasteiger partial charge on any atom is 0.466 e. The second kappa shape index (κ2) is 9.86. The first-order valence-corrected chi connectivity index (χ1v) is 7.41. The highest BCUT2D eigenvalue weighted by molar-refractivity contribution is 7.75. The van der Waals surface area contributed by atoms with Gasteiger partial charge in [-0.3, -0.25) is 0 Å². The van der Waals surface area contributed by atoms with E-state index in [0.29, 0.717) is 0 Å². The van der Waals surface area contributed by atoms with E-state index in [1.807, 2.05) is 0 Å². The Balaban J connectivity index is -0.000000208. The molecule has 0 aromatic carbocycles. The molecule has 11 heteroatoms. The summed E-state index contributed by atoms with van der Waals surface area (Å²) in [5, 5.41) is 34.2. The fraction of sp³-hybridized carbons (Fsp3) is 1.00. The van der Waals surface area contributed by atoms with E-state index in [0.717, 1.165) is 0 Å². The lowest BCUT2D eigenvalue weighted by Gasteiger charge is -2.15. The molecule has 0 fully saturated rings. The average molecular weight is 290 g/mol. The van der Waals surface area contributed by atoms with Crippen LogP contribution in [0.1, 0.15) is 0 Å². The molecule has 0 heterocycles. The molecule has 0 atom stereocenters. The van der Waals surface area contributed by atoms with Crippen LogP contribution in [0.3, 0.4) is 0 Å². The van der Waals surface area contributed by atoms with Crippen LogP contribution >= 0.6 is 27.5 Å². The van der Waals surface area contributed by atoms with Gasteiger partial charge in [-0.25, -0.2) is 4.57 Å². The third kappa shape index (κ3) is 14.7. The molecule has 0 aromatic heterocycles. The predicted octanol–water partition coefficient (Wildman–Crippen LogP) is -1.70. The summed E-state index contributed by atoms with van der Waals surface area (Å²) in [7, 11) is -6.84. The minimum Gasteiger partial charge on any atom is -0.361 e. The average Bonchev–Trinajstić information content (AvgIpc) is 2.07. The van der Waals surface area contributed by atoms with E-state index in [1.165, 1.54) is 0 Å². The van der Waals surface area contributed by atoms with E-state index >= 15 is 0 Å². The summed E-state index contributed by atoms with van der Waals surface area (Å²) in [6.07, 6.45) is -1.18. The van der Waals surface area contributed by atoms with Crippen molar-refractivity contribution in [2.75, 3.05) is 25.4 Å². The Bertz CT molecular complexity index is 154. The van der Waals surface area contributed by atoms with Crippen LogP contribution in [0.25, 0.3) is 0 Å². The summed E-state index contributed by atoms with van der Waals surface area (Å²) in [6, 6.07) is 0. The molecule has 0 aliphatic rings. The minimum absolute atomic E-state index is 0. The van der Waals surface area contributed by atoms with Gasteiger partial charge in [0, 0.05) is 0 Å². The fourth-order valence-electron chi connectivity index (χ4n) is 0.268. The first-order valence-electron chi connectivity index (χ1n) is 3.31. The molecule has 7 N–H and O–H groups in total. The summed E-state index contributed by atoms with van der Waals surface area (Å²) < 4.78 is 8.88. The number of rotatable bonds is 4. The van der Waals surface area contributed by atoms with Crippen LogP contribution in [-0.2, 0) is 4.57 Å². The fourth-order valence-corrected chi connectivity index (χ4v) is 0.805. The molecule has 96 valence electrons. The monoisotopic (exact) mass is 289 g/mol. The van der Waals surface area contributed by atoms with Crippen LogP contribution in [0, 0.1) is 0 Å². The zero-order chi connectivity index (χ0) is 11.8. The van der Waals surface area contributed by atoms with Gasteiger partial charge in [-0.05, 0) is 0 Å². The number of aliphatic hydroxyl groups is 4. The van der Waals surface area contributed by atoms with Crippen molar-refractivity contribution in [3.63, 3.8) is 0 Å². The van der Waals surface area contributed by atoms with Crippen LogP contribution < -0.4 is 0 Å². The SMILES string of the molecule is Cl.O=P(O)(O)O.OC[P+](CO)(CO)CO. The van der Waals surface area contributed by atoms with Crippen molar-refractivity contribution in [2.45, 2.75) is 0 Å². The van der Waals surface area contributed by atoms with Gasteiger partial charge in [0.25, 0.3) is 0 Å². The van der Waals surface area contributed by atoms with E-state index < -0.39 is 15.1 Å². The van der Waals surface area contributed by atoms with Crippen molar-refractivity contribution < 1.29 is 39.7 Å². The lowest BCUT2D eigenvalue weighted by atomic mass is 11.6. The first-order chi connectivity index (χ1) is 6.24. The van der Waals surface area contributed by atoms with Gasteiger partial charge in [0.15, 0.2) is 25.4 Å². The molecule has 0 amide bonds. The Morgan fingerprint density at radius 3 is 0.933 bits per heavy atom. The van der Waals surface area contributed by atoms with Crippen molar-refractivity contribution >= 4 is 27.5 Å². The van der Waals surface area contributed by atoms with E-state index in [9.17, 15) is 0 Å². The first kappa shape index (κ1) is 21.0. The van der Waals surface area contributed by atoms with Crippen LogP contribution in [0.4, 0.5) is 0 Å². The van der Waals surface area contributed by atoms with Gasteiger partial charge in [-0.15, -0.1) is 12.4 Å². The zero-order valence-electron chi connectivity index (χ0n) is 7.67. The molecule has 0 saturated heterocycles. The molecule has 0 unspecified atom stereocenters. The highest BCUT2D eigenvalue weighted by Gasteiger charge is 2.34. The summed E-state index contributed by atoms with van der Waals surface area (Å²) >= 11 is 0. The second-order valence-electron chi connectivity index (χ2n) is 2.42. The number of halogens is 1. The lowest BCUT2D eigenvalue weighted by Crippen LogP contribution is -2.10. The Hall–Kier alpha value is 0.670. The molecule has 0 aromatic rings. The van der Waals surface area contributed by atoms with Gasteiger partial charge in [0.2, 0.25) is 0 Å². The minimum atomic E-state index is -4.64. The van der Waals surface area contributed by atoms with Gasteiger partial charge in [-0.1, -0.05) is 0 Å². The maximum atomic E-state index is 8.88. The quantitative estimate of drug-likeness (QED) is 0.301. The molecule has 15 heavy (non-hydrogen) atoms. The van der Waals surface area contributed by atoms with Crippen molar-refractivity contribution in [1.82, 2.24) is 0 Å². The third-order valence-corrected chi connectivity index (χ3v) is 3.60. The second-order valence-corrected chi connectivity index (χ2v) is 7.26. The number of hydrogen-bond donors (Lipinski definition) is 7. The lowest BCUT2D eigenvalue weighted by molar-refractivity contribution is 0.275. The van der Waals surface area contributed by atoms with E-state index in [2.05, 4.69) is 0 Å². The van der Waals surface area contributed by atoms with Gasteiger partial charge in [0.1, 0.15) is 7.26 Å². The van der Waals surface area contributed by atoms with Crippen molar-refractivity contribution in [1.29, 1.82) is 0 Å². The van der Waals surface area contributed by atoms with E-state index in [-0.39, 0.29) is 37.8 Å².